The molecule has 0 radical (unpaired) electrons. The molecule has 1 saturated heterocycles. The van der Waals surface area contributed by atoms with Gasteiger partial charge in [-0.25, -0.2) is 4.98 Å². The number of ether oxygens (including phenoxy) is 1. The number of carbonyl (C=O) groups is 1. The maximum atomic E-state index is 12.6. The molecule has 2 aromatic rings. The summed E-state index contributed by atoms with van der Waals surface area (Å²) in [6.45, 7) is 8.66. The van der Waals surface area contributed by atoms with Crippen LogP contribution in [0.1, 0.15) is 18.3 Å². The number of fused-ring (bicyclic) bond motifs is 1. The highest BCUT2D eigenvalue weighted by atomic mass is 16.5. The van der Waals surface area contributed by atoms with Crippen molar-refractivity contribution in [2.24, 2.45) is 5.92 Å². The zero-order valence-electron chi connectivity index (χ0n) is 14.7. The quantitative estimate of drug-likeness (QED) is 0.908. The minimum absolute atomic E-state index is 0.0285. The number of morpholine rings is 1. The van der Waals surface area contributed by atoms with E-state index in [2.05, 4.69) is 14.9 Å². The van der Waals surface area contributed by atoms with Crippen LogP contribution >= 0.6 is 0 Å². The standard InChI is InChI=1S/C18H26N4O2/c1-13-5-4-6-15-17(13)20-16(19-15)12-21(3)18(23)14(2)11-22-7-9-24-10-8-22/h4-6,14H,7-12H2,1-3H3,(H,19,20). The minimum atomic E-state index is -0.0285. The Labute approximate surface area is 142 Å². The van der Waals surface area contributed by atoms with Gasteiger partial charge in [-0.2, -0.15) is 0 Å². The number of aromatic amines is 1. The van der Waals surface area contributed by atoms with Crippen LogP contribution in [0.15, 0.2) is 18.2 Å². The summed E-state index contributed by atoms with van der Waals surface area (Å²) in [5.74, 6) is 0.951. The highest BCUT2D eigenvalue weighted by Gasteiger charge is 2.22. The summed E-state index contributed by atoms with van der Waals surface area (Å²) in [7, 11) is 1.85. The maximum Gasteiger partial charge on any atom is 0.226 e. The first-order valence-corrected chi connectivity index (χ1v) is 8.54. The summed E-state index contributed by atoms with van der Waals surface area (Å²) in [5, 5.41) is 0. The fourth-order valence-corrected chi connectivity index (χ4v) is 3.23. The average Bonchev–Trinajstić information content (AvgIpc) is 2.99. The van der Waals surface area contributed by atoms with Crippen molar-refractivity contribution < 1.29 is 9.53 Å². The Hall–Kier alpha value is -1.92. The van der Waals surface area contributed by atoms with Crippen molar-refractivity contribution in [2.45, 2.75) is 20.4 Å². The van der Waals surface area contributed by atoms with Crippen molar-refractivity contribution >= 4 is 16.9 Å². The van der Waals surface area contributed by atoms with E-state index in [1.807, 2.05) is 39.1 Å². The molecule has 1 atom stereocenters. The Balaban J connectivity index is 1.61. The van der Waals surface area contributed by atoms with E-state index in [1.54, 1.807) is 4.90 Å². The summed E-state index contributed by atoms with van der Waals surface area (Å²) < 4.78 is 5.36. The Morgan fingerprint density at radius 1 is 1.42 bits per heavy atom. The number of carbonyl (C=O) groups excluding carboxylic acids is 1. The molecule has 1 unspecified atom stereocenters. The van der Waals surface area contributed by atoms with Crippen molar-refractivity contribution in [3.8, 4) is 0 Å². The molecular formula is C18H26N4O2. The number of nitrogens with one attached hydrogen (secondary N) is 1. The number of hydrogen-bond acceptors (Lipinski definition) is 4. The van der Waals surface area contributed by atoms with Crippen LogP contribution in [0.5, 0.6) is 0 Å². The van der Waals surface area contributed by atoms with Gasteiger partial charge in [-0.3, -0.25) is 9.69 Å². The lowest BCUT2D eigenvalue weighted by atomic mass is 10.1. The molecule has 0 saturated carbocycles. The minimum Gasteiger partial charge on any atom is -0.379 e. The molecule has 24 heavy (non-hydrogen) atoms. The Morgan fingerprint density at radius 3 is 2.88 bits per heavy atom. The normalized spacial score (nSPS) is 17.1. The summed E-state index contributed by atoms with van der Waals surface area (Å²) in [4.78, 5) is 24.6. The molecule has 1 aromatic carbocycles. The van der Waals surface area contributed by atoms with Crippen LogP contribution in [-0.4, -0.2) is 65.6 Å². The van der Waals surface area contributed by atoms with Crippen molar-refractivity contribution in [3.63, 3.8) is 0 Å². The predicted octanol–water partition coefficient (Wildman–Crippen LogP) is 1.80. The number of benzene rings is 1. The van der Waals surface area contributed by atoms with Crippen LogP contribution in [-0.2, 0) is 16.1 Å². The number of aryl methyl sites for hydroxylation is 1. The largest absolute Gasteiger partial charge is 0.379 e. The van der Waals surface area contributed by atoms with E-state index >= 15 is 0 Å². The predicted molar refractivity (Wildman–Crippen MR) is 93.7 cm³/mol. The molecule has 1 aliphatic heterocycles. The molecule has 1 fully saturated rings. The van der Waals surface area contributed by atoms with E-state index in [-0.39, 0.29) is 11.8 Å². The van der Waals surface area contributed by atoms with Gasteiger partial charge in [-0.15, -0.1) is 0 Å². The molecule has 130 valence electrons. The van der Waals surface area contributed by atoms with Gasteiger partial charge in [0.2, 0.25) is 5.91 Å². The molecule has 0 bridgehead atoms. The molecule has 1 amide bonds. The molecule has 3 rings (SSSR count). The summed E-state index contributed by atoms with van der Waals surface area (Å²) in [6.07, 6.45) is 0. The first-order valence-electron chi connectivity index (χ1n) is 8.54. The number of H-pyrrole nitrogens is 1. The van der Waals surface area contributed by atoms with Crippen LogP contribution in [0.25, 0.3) is 11.0 Å². The van der Waals surface area contributed by atoms with Crippen molar-refractivity contribution in [2.75, 3.05) is 39.9 Å². The molecule has 0 aliphatic carbocycles. The smallest absolute Gasteiger partial charge is 0.226 e. The summed E-state index contributed by atoms with van der Waals surface area (Å²) in [6, 6.07) is 6.08. The summed E-state index contributed by atoms with van der Waals surface area (Å²) in [5.41, 5.74) is 3.14. The maximum absolute atomic E-state index is 12.6. The SMILES string of the molecule is Cc1cccc2[nH]c(CN(C)C(=O)C(C)CN3CCOCC3)nc12. The molecule has 1 aromatic heterocycles. The van der Waals surface area contributed by atoms with E-state index in [0.29, 0.717) is 6.54 Å². The lowest BCUT2D eigenvalue weighted by molar-refractivity contribution is -0.135. The first kappa shape index (κ1) is 16.9. The highest BCUT2D eigenvalue weighted by Crippen LogP contribution is 2.16. The van der Waals surface area contributed by atoms with Gasteiger partial charge in [-0.05, 0) is 18.6 Å². The number of amides is 1. The van der Waals surface area contributed by atoms with E-state index in [4.69, 9.17) is 4.74 Å². The number of imidazole rings is 1. The average molecular weight is 330 g/mol. The highest BCUT2D eigenvalue weighted by molar-refractivity contribution is 5.80. The molecule has 0 spiro atoms. The van der Waals surface area contributed by atoms with E-state index in [9.17, 15) is 4.79 Å². The number of aromatic nitrogens is 2. The van der Waals surface area contributed by atoms with Crippen LogP contribution in [0.3, 0.4) is 0 Å². The second-order valence-corrected chi connectivity index (χ2v) is 6.66. The number of nitrogens with zero attached hydrogens (tertiary/aromatic N) is 3. The third-order valence-electron chi connectivity index (χ3n) is 4.58. The molecule has 2 heterocycles. The van der Waals surface area contributed by atoms with Gasteiger partial charge in [0.25, 0.3) is 0 Å². The number of para-hydroxylation sites is 1. The molecule has 6 nitrogen and oxygen atoms in total. The monoisotopic (exact) mass is 330 g/mol. The molecule has 6 heteroatoms. The van der Waals surface area contributed by atoms with Crippen LogP contribution in [0.2, 0.25) is 0 Å². The second kappa shape index (κ2) is 7.32. The van der Waals surface area contributed by atoms with E-state index < -0.39 is 0 Å². The Morgan fingerprint density at radius 2 is 2.17 bits per heavy atom. The first-order chi connectivity index (χ1) is 11.5. The third kappa shape index (κ3) is 3.76. The summed E-state index contributed by atoms with van der Waals surface area (Å²) >= 11 is 0. The van der Waals surface area contributed by atoms with Gasteiger partial charge in [-0.1, -0.05) is 19.1 Å². The van der Waals surface area contributed by atoms with Gasteiger partial charge in [0.15, 0.2) is 0 Å². The van der Waals surface area contributed by atoms with Crippen molar-refractivity contribution in [1.29, 1.82) is 0 Å². The van der Waals surface area contributed by atoms with Gasteiger partial charge < -0.3 is 14.6 Å². The van der Waals surface area contributed by atoms with E-state index in [0.717, 1.165) is 55.3 Å². The topological polar surface area (TPSA) is 61.5 Å². The molecular weight excluding hydrogens is 304 g/mol. The lowest BCUT2D eigenvalue weighted by Crippen LogP contribution is -2.43. The number of rotatable bonds is 5. The van der Waals surface area contributed by atoms with Crippen molar-refractivity contribution in [3.05, 3.63) is 29.6 Å². The molecule has 1 aliphatic rings. The van der Waals surface area contributed by atoms with Gasteiger partial charge >= 0.3 is 0 Å². The lowest BCUT2D eigenvalue weighted by Gasteiger charge is -2.30. The zero-order valence-corrected chi connectivity index (χ0v) is 14.7. The van der Waals surface area contributed by atoms with Gasteiger partial charge in [0.1, 0.15) is 5.82 Å². The van der Waals surface area contributed by atoms with E-state index in [1.165, 1.54) is 0 Å². The fraction of sp³-hybridized carbons (Fsp3) is 0.556. The van der Waals surface area contributed by atoms with Gasteiger partial charge in [0.05, 0.1) is 30.8 Å². The van der Waals surface area contributed by atoms with Crippen LogP contribution < -0.4 is 0 Å². The van der Waals surface area contributed by atoms with Gasteiger partial charge in [0, 0.05) is 32.6 Å². The number of hydrogen-bond donors (Lipinski definition) is 1. The molecule has 1 N–H and O–H groups in total. The van der Waals surface area contributed by atoms with Crippen LogP contribution in [0, 0.1) is 12.8 Å². The third-order valence-corrected chi connectivity index (χ3v) is 4.58. The van der Waals surface area contributed by atoms with Crippen molar-refractivity contribution in [1.82, 2.24) is 19.8 Å². The fourth-order valence-electron chi connectivity index (χ4n) is 3.23. The zero-order chi connectivity index (χ0) is 17.1. The second-order valence-electron chi connectivity index (χ2n) is 6.66. The Bertz CT molecular complexity index is 706. The Kier molecular flexibility index (Phi) is 5.16. The van der Waals surface area contributed by atoms with Crippen LogP contribution in [0.4, 0.5) is 0 Å².